The Hall–Kier alpha value is 0.323. The third-order valence-electron chi connectivity index (χ3n) is 1.57. The molecule has 12 heavy (non-hydrogen) atoms. The van der Waals surface area contributed by atoms with Crippen molar-refractivity contribution in [2.75, 3.05) is 0 Å². The maximum absolute atomic E-state index is 3.07. The van der Waals surface area contributed by atoms with Crippen LogP contribution in [0.15, 0.2) is 24.3 Å². The van der Waals surface area contributed by atoms with Gasteiger partial charge in [0.05, 0.1) is 0 Å². The fourth-order valence-electron chi connectivity index (χ4n) is 0.860. The molecule has 0 aliphatic carbocycles. The van der Waals surface area contributed by atoms with Gasteiger partial charge in [-0.1, -0.05) is 26.2 Å². The van der Waals surface area contributed by atoms with Crippen molar-refractivity contribution in [1.82, 2.24) is 0 Å². The van der Waals surface area contributed by atoms with Crippen molar-refractivity contribution in [2.45, 2.75) is 26.2 Å². The van der Waals surface area contributed by atoms with Crippen molar-refractivity contribution in [2.24, 2.45) is 0 Å². The van der Waals surface area contributed by atoms with Gasteiger partial charge in [-0.05, 0) is 0 Å². The van der Waals surface area contributed by atoms with E-state index in [4.69, 9.17) is 0 Å². The summed E-state index contributed by atoms with van der Waals surface area (Å²) in [6.45, 7) is 6.61. The van der Waals surface area contributed by atoms with E-state index in [0.717, 1.165) is 0 Å². The van der Waals surface area contributed by atoms with E-state index in [1.165, 1.54) is 21.9 Å². The van der Waals surface area contributed by atoms with Gasteiger partial charge in [-0.25, -0.2) is 0 Å². The second-order valence-electron chi connectivity index (χ2n) is 3.54. The molecule has 0 nitrogen and oxygen atoms in total. The van der Waals surface area contributed by atoms with Gasteiger partial charge in [-0.2, -0.15) is 35.9 Å². The second kappa shape index (κ2) is 5.88. The molecular formula is C10H13BrZn. The molecule has 1 rings (SSSR count). The predicted octanol–water partition coefficient (Wildman–Crippen LogP) is 3.63. The Morgan fingerprint density at radius 1 is 1.33 bits per heavy atom. The van der Waals surface area contributed by atoms with Gasteiger partial charge in [0, 0.05) is 0 Å². The molecule has 0 N–H and O–H groups in total. The van der Waals surface area contributed by atoms with Crippen LogP contribution < -0.4 is 0 Å². The van der Waals surface area contributed by atoms with Gasteiger partial charge in [-0.3, -0.25) is 0 Å². The molecule has 0 fully saturated rings. The van der Waals surface area contributed by atoms with E-state index < -0.39 is 0 Å². The Balaban J connectivity index is 0.000000561. The van der Waals surface area contributed by atoms with Crippen LogP contribution >= 0.6 is 13.6 Å². The molecule has 0 spiro atoms. The van der Waals surface area contributed by atoms with Crippen molar-refractivity contribution in [1.29, 1.82) is 0 Å². The zero-order valence-corrected chi connectivity index (χ0v) is 12.4. The Morgan fingerprint density at radius 2 is 1.92 bits per heavy atom. The summed E-state index contributed by atoms with van der Waals surface area (Å²) < 4.78 is 0. The summed E-state index contributed by atoms with van der Waals surface area (Å²) in [6.07, 6.45) is 0. The van der Waals surface area contributed by atoms with E-state index in [0.29, 0.717) is 0 Å². The van der Waals surface area contributed by atoms with E-state index >= 15 is 0 Å². The first-order chi connectivity index (χ1) is 5.61. The standard InChI is InChI=1S/C10H13.BrH.Zn/c1-10(2,3)9-7-5-4-6-8-9;;/h4-5,7-8H,1-3H3;1H;/q-1;;+2/p-1. The van der Waals surface area contributed by atoms with Crippen molar-refractivity contribution in [3.63, 3.8) is 0 Å². The summed E-state index contributed by atoms with van der Waals surface area (Å²) in [4.78, 5) is 0. The molecule has 0 aliphatic heterocycles. The van der Waals surface area contributed by atoms with Crippen LogP contribution in [0.3, 0.4) is 0 Å². The van der Waals surface area contributed by atoms with Crippen molar-refractivity contribution < 1.29 is 16.3 Å². The van der Waals surface area contributed by atoms with Gasteiger partial charge in [0.2, 0.25) is 0 Å². The van der Waals surface area contributed by atoms with Crippen molar-refractivity contribution in [3.05, 3.63) is 35.9 Å². The number of benzene rings is 1. The van der Waals surface area contributed by atoms with Crippen LogP contribution in [0.4, 0.5) is 0 Å². The first kappa shape index (κ1) is 12.3. The van der Waals surface area contributed by atoms with Crippen LogP contribution in [0.1, 0.15) is 26.3 Å². The molecule has 0 heterocycles. The van der Waals surface area contributed by atoms with Crippen molar-refractivity contribution >= 4 is 13.6 Å². The van der Waals surface area contributed by atoms with Gasteiger partial charge in [0.1, 0.15) is 0 Å². The quantitative estimate of drug-likeness (QED) is 0.502. The number of hydrogen-bond donors (Lipinski definition) is 0. The monoisotopic (exact) mass is 276 g/mol. The minimum atomic E-state index is 0.262. The van der Waals surface area contributed by atoms with Gasteiger partial charge in [0.15, 0.2) is 0 Å². The van der Waals surface area contributed by atoms with E-state index in [1.807, 2.05) is 18.2 Å². The maximum atomic E-state index is 3.07. The molecule has 0 unspecified atom stereocenters. The minimum absolute atomic E-state index is 0.262. The number of rotatable bonds is 0. The molecule has 1 aromatic rings. The molecule has 0 atom stereocenters. The average Bonchev–Trinajstić information content (AvgIpc) is 2.08. The average molecular weight is 279 g/mol. The zero-order chi connectivity index (χ0) is 9.61. The van der Waals surface area contributed by atoms with E-state index in [9.17, 15) is 0 Å². The molecule has 62 valence electrons. The summed E-state index contributed by atoms with van der Waals surface area (Å²) in [5.74, 6) is 0. The molecule has 0 bridgehead atoms. The van der Waals surface area contributed by atoms with Gasteiger partial charge in [-0.15, -0.1) is 0 Å². The van der Waals surface area contributed by atoms with E-state index in [1.54, 1.807) is 0 Å². The molecule has 0 saturated carbocycles. The first-order valence-corrected chi connectivity index (χ1v) is 10.8. The van der Waals surface area contributed by atoms with Gasteiger partial charge in [0.25, 0.3) is 0 Å². The normalized spacial score (nSPS) is 10.2. The third kappa shape index (κ3) is 4.37. The molecule has 1 aromatic carbocycles. The number of halogens is 1. The fourth-order valence-corrected chi connectivity index (χ4v) is 0.860. The second-order valence-corrected chi connectivity index (χ2v) is 3.54. The molecule has 0 aromatic heterocycles. The summed E-state index contributed by atoms with van der Waals surface area (Å²) >= 11 is 4.25. The van der Waals surface area contributed by atoms with E-state index in [-0.39, 0.29) is 5.41 Å². The molecule has 0 radical (unpaired) electrons. The topological polar surface area (TPSA) is 0 Å². The summed E-state index contributed by atoms with van der Waals surface area (Å²) in [6, 6.07) is 11.2. The zero-order valence-electron chi connectivity index (χ0n) is 7.89. The number of hydrogen-bond acceptors (Lipinski definition) is 0. The van der Waals surface area contributed by atoms with E-state index in [2.05, 4.69) is 46.5 Å². The van der Waals surface area contributed by atoms with Crippen LogP contribution in [-0.4, -0.2) is 0 Å². The van der Waals surface area contributed by atoms with Crippen LogP contribution in [-0.2, 0) is 21.8 Å². The Kier molecular flexibility index (Phi) is 6.04. The molecular weight excluding hydrogens is 265 g/mol. The third-order valence-corrected chi connectivity index (χ3v) is 1.57. The SMILES string of the molecule is CC(C)(C)c1c[c-]ccc1.[Zn+][Br]. The Bertz CT molecular complexity index is 201. The van der Waals surface area contributed by atoms with Crippen LogP contribution in [0.25, 0.3) is 0 Å². The summed E-state index contributed by atoms with van der Waals surface area (Å²) in [7, 11) is 0. The summed E-state index contributed by atoms with van der Waals surface area (Å²) in [5, 5.41) is 0. The van der Waals surface area contributed by atoms with Crippen LogP contribution in [0, 0.1) is 6.07 Å². The van der Waals surface area contributed by atoms with Crippen LogP contribution in [0.5, 0.6) is 0 Å². The van der Waals surface area contributed by atoms with Gasteiger partial charge >= 0.3 is 30.0 Å². The van der Waals surface area contributed by atoms with Gasteiger partial charge < -0.3 is 0 Å². The van der Waals surface area contributed by atoms with Crippen LogP contribution in [0.2, 0.25) is 0 Å². The Morgan fingerprint density at radius 3 is 2.17 bits per heavy atom. The first-order valence-electron chi connectivity index (χ1n) is 3.84. The molecule has 0 aliphatic rings. The summed E-state index contributed by atoms with van der Waals surface area (Å²) in [5.41, 5.74) is 1.60. The molecule has 2 heteroatoms. The fraction of sp³-hybridized carbons (Fsp3) is 0.400. The van der Waals surface area contributed by atoms with Crippen molar-refractivity contribution in [3.8, 4) is 0 Å². The Labute approximate surface area is 91.8 Å². The predicted molar refractivity (Wildman–Crippen MR) is 52.9 cm³/mol. The molecule has 0 saturated heterocycles. The molecule has 0 amide bonds.